The quantitative estimate of drug-likeness (QED) is 0.601. The number of H-pyrrole nitrogens is 2. The first kappa shape index (κ1) is 11.4. The van der Waals surface area contributed by atoms with E-state index in [4.69, 9.17) is 4.74 Å². The summed E-state index contributed by atoms with van der Waals surface area (Å²) in [6.45, 7) is 2.42. The highest BCUT2D eigenvalue weighted by Crippen LogP contribution is 1.98. The van der Waals surface area contributed by atoms with Gasteiger partial charge in [0.1, 0.15) is 0 Å². The molecule has 1 atom stereocenters. The minimum Gasteiger partial charge on any atom is -0.383 e. The van der Waals surface area contributed by atoms with Crippen LogP contribution < -0.4 is 16.6 Å². The van der Waals surface area contributed by atoms with Gasteiger partial charge in [-0.3, -0.25) is 9.78 Å². The summed E-state index contributed by atoms with van der Waals surface area (Å²) >= 11 is 0. The molecule has 1 aromatic rings. The fraction of sp³-hybridized carbons (Fsp3) is 0.625. The van der Waals surface area contributed by atoms with Gasteiger partial charge >= 0.3 is 5.69 Å². The van der Waals surface area contributed by atoms with Crippen molar-refractivity contribution >= 4 is 5.82 Å². The average molecular weight is 214 g/mol. The predicted molar refractivity (Wildman–Crippen MR) is 55.1 cm³/mol. The summed E-state index contributed by atoms with van der Waals surface area (Å²) < 4.78 is 4.96. The second kappa shape index (κ2) is 5.30. The van der Waals surface area contributed by atoms with E-state index in [0.717, 1.165) is 6.42 Å². The molecular formula is C8H14N4O3. The van der Waals surface area contributed by atoms with Crippen molar-refractivity contribution in [1.29, 1.82) is 0 Å². The molecule has 0 spiro atoms. The first-order valence-corrected chi connectivity index (χ1v) is 4.61. The number of hydrogen-bond donors (Lipinski definition) is 3. The van der Waals surface area contributed by atoms with Gasteiger partial charge in [-0.15, -0.1) is 5.10 Å². The Morgan fingerprint density at radius 3 is 2.80 bits per heavy atom. The van der Waals surface area contributed by atoms with Crippen molar-refractivity contribution in [3.8, 4) is 0 Å². The van der Waals surface area contributed by atoms with Crippen molar-refractivity contribution < 1.29 is 4.74 Å². The number of ether oxygens (including phenoxy) is 1. The van der Waals surface area contributed by atoms with Crippen molar-refractivity contribution in [2.24, 2.45) is 0 Å². The van der Waals surface area contributed by atoms with Crippen LogP contribution in [-0.4, -0.2) is 34.9 Å². The Bertz CT molecular complexity index is 411. The van der Waals surface area contributed by atoms with E-state index in [2.05, 4.69) is 20.5 Å². The van der Waals surface area contributed by atoms with Crippen LogP contribution in [0.2, 0.25) is 0 Å². The Morgan fingerprint density at radius 1 is 1.53 bits per heavy atom. The molecule has 7 heteroatoms. The smallest absolute Gasteiger partial charge is 0.342 e. The van der Waals surface area contributed by atoms with Gasteiger partial charge in [0.15, 0.2) is 0 Å². The number of aromatic amines is 2. The van der Waals surface area contributed by atoms with E-state index in [-0.39, 0.29) is 11.9 Å². The van der Waals surface area contributed by atoms with E-state index in [9.17, 15) is 9.59 Å². The van der Waals surface area contributed by atoms with Crippen LogP contribution in [0.3, 0.4) is 0 Å². The van der Waals surface area contributed by atoms with Crippen LogP contribution in [0.1, 0.15) is 13.3 Å². The van der Waals surface area contributed by atoms with Crippen LogP contribution in [0.25, 0.3) is 0 Å². The van der Waals surface area contributed by atoms with Crippen LogP contribution in [0.15, 0.2) is 9.59 Å². The second-order valence-electron chi connectivity index (χ2n) is 3.06. The van der Waals surface area contributed by atoms with E-state index >= 15 is 0 Å². The number of hydrogen-bond acceptors (Lipinski definition) is 5. The molecule has 84 valence electrons. The zero-order valence-corrected chi connectivity index (χ0v) is 8.66. The molecule has 0 radical (unpaired) electrons. The molecule has 0 saturated carbocycles. The number of nitrogens with zero attached hydrogens (tertiary/aromatic N) is 1. The lowest BCUT2D eigenvalue weighted by atomic mass is 10.2. The topological polar surface area (TPSA) is 99.9 Å². The third-order valence-electron chi connectivity index (χ3n) is 1.91. The second-order valence-corrected chi connectivity index (χ2v) is 3.06. The monoisotopic (exact) mass is 214 g/mol. The lowest BCUT2D eigenvalue weighted by Crippen LogP contribution is -2.32. The minimum atomic E-state index is -0.620. The van der Waals surface area contributed by atoms with Crippen LogP contribution >= 0.6 is 0 Å². The predicted octanol–water partition coefficient (Wildman–Crippen LogP) is -0.705. The molecule has 0 saturated heterocycles. The third-order valence-corrected chi connectivity index (χ3v) is 1.91. The zero-order valence-electron chi connectivity index (χ0n) is 8.66. The van der Waals surface area contributed by atoms with Gasteiger partial charge in [0.25, 0.3) is 5.56 Å². The summed E-state index contributed by atoms with van der Waals surface area (Å²) in [5, 5.41) is 8.62. The molecule has 1 heterocycles. The number of nitrogens with one attached hydrogen (secondary N) is 3. The fourth-order valence-electron chi connectivity index (χ4n) is 1.10. The number of methoxy groups -OCH3 is 1. The van der Waals surface area contributed by atoms with E-state index in [0.29, 0.717) is 6.61 Å². The van der Waals surface area contributed by atoms with E-state index < -0.39 is 11.2 Å². The molecule has 0 aliphatic heterocycles. The van der Waals surface area contributed by atoms with Crippen molar-refractivity contribution in [2.45, 2.75) is 19.4 Å². The molecule has 0 fully saturated rings. The number of aromatic nitrogens is 3. The van der Waals surface area contributed by atoms with Gasteiger partial charge in [0.2, 0.25) is 5.82 Å². The van der Waals surface area contributed by atoms with Crippen molar-refractivity contribution in [3.63, 3.8) is 0 Å². The molecule has 0 aliphatic carbocycles. The van der Waals surface area contributed by atoms with Gasteiger partial charge in [-0.25, -0.2) is 9.89 Å². The molecule has 15 heavy (non-hydrogen) atoms. The average Bonchev–Trinajstić information content (AvgIpc) is 2.21. The van der Waals surface area contributed by atoms with Crippen LogP contribution in [0.4, 0.5) is 5.82 Å². The molecule has 0 aliphatic rings. The van der Waals surface area contributed by atoms with E-state index in [1.54, 1.807) is 7.11 Å². The van der Waals surface area contributed by atoms with E-state index in [1.807, 2.05) is 6.92 Å². The first-order valence-electron chi connectivity index (χ1n) is 4.61. The van der Waals surface area contributed by atoms with E-state index in [1.165, 1.54) is 0 Å². The number of anilines is 1. The maximum Gasteiger partial charge on any atom is 0.342 e. The largest absolute Gasteiger partial charge is 0.383 e. The lowest BCUT2D eigenvalue weighted by Gasteiger charge is -2.14. The lowest BCUT2D eigenvalue weighted by molar-refractivity contribution is 0.184. The molecule has 0 bridgehead atoms. The van der Waals surface area contributed by atoms with Crippen LogP contribution in [0.5, 0.6) is 0 Å². The normalized spacial score (nSPS) is 12.4. The summed E-state index contributed by atoms with van der Waals surface area (Å²) in [4.78, 5) is 24.0. The first-order chi connectivity index (χ1) is 7.17. The summed E-state index contributed by atoms with van der Waals surface area (Å²) in [5.74, 6) is 0.0958. The summed E-state index contributed by atoms with van der Waals surface area (Å²) in [6.07, 6.45) is 0.786. The van der Waals surface area contributed by atoms with Gasteiger partial charge in [-0.2, -0.15) is 0 Å². The Labute approximate surface area is 85.9 Å². The molecule has 0 amide bonds. The highest BCUT2D eigenvalue weighted by molar-refractivity contribution is 5.30. The summed E-state index contributed by atoms with van der Waals surface area (Å²) in [7, 11) is 1.58. The Hall–Kier alpha value is -1.63. The molecule has 1 aromatic heterocycles. The summed E-state index contributed by atoms with van der Waals surface area (Å²) in [5.41, 5.74) is -1.15. The SMILES string of the molecule is CCC(COC)Nc1n[nH]c(=O)[nH]c1=O. The Balaban J connectivity index is 2.79. The Kier molecular flexibility index (Phi) is 4.04. The van der Waals surface area contributed by atoms with Crippen molar-refractivity contribution in [3.05, 3.63) is 20.8 Å². The highest BCUT2D eigenvalue weighted by Gasteiger charge is 2.09. The van der Waals surface area contributed by atoms with Crippen LogP contribution in [-0.2, 0) is 4.74 Å². The zero-order chi connectivity index (χ0) is 11.3. The standard InChI is InChI=1S/C8H14N4O3/c1-3-5(4-15-2)9-6-7(13)10-8(14)12-11-6/h5H,3-4H2,1-2H3,(H,9,11)(H2,10,12,13,14). The molecule has 1 rings (SSSR count). The molecule has 7 nitrogen and oxygen atoms in total. The molecule has 3 N–H and O–H groups in total. The summed E-state index contributed by atoms with van der Waals surface area (Å²) in [6, 6.07) is -0.00509. The van der Waals surface area contributed by atoms with Crippen molar-refractivity contribution in [1.82, 2.24) is 15.2 Å². The fourth-order valence-corrected chi connectivity index (χ4v) is 1.10. The van der Waals surface area contributed by atoms with Gasteiger partial charge in [-0.1, -0.05) is 6.92 Å². The maximum atomic E-state index is 11.3. The Morgan fingerprint density at radius 2 is 2.27 bits per heavy atom. The van der Waals surface area contributed by atoms with Gasteiger partial charge in [-0.05, 0) is 6.42 Å². The maximum absolute atomic E-state index is 11.3. The highest BCUT2D eigenvalue weighted by atomic mass is 16.5. The molecular weight excluding hydrogens is 200 g/mol. The molecule has 0 aromatic carbocycles. The van der Waals surface area contributed by atoms with Gasteiger partial charge in [0.05, 0.1) is 12.6 Å². The third kappa shape index (κ3) is 3.21. The van der Waals surface area contributed by atoms with Gasteiger partial charge in [0, 0.05) is 7.11 Å². The molecule has 1 unspecified atom stereocenters. The van der Waals surface area contributed by atoms with Crippen LogP contribution in [0, 0.1) is 0 Å². The minimum absolute atomic E-state index is 0.00509. The van der Waals surface area contributed by atoms with Gasteiger partial charge < -0.3 is 10.1 Å². The number of rotatable bonds is 5. The van der Waals surface area contributed by atoms with Crippen molar-refractivity contribution in [2.75, 3.05) is 19.0 Å².